The maximum atomic E-state index is 5.77. The van der Waals surface area contributed by atoms with E-state index in [-0.39, 0.29) is 0 Å². The molecule has 0 N–H and O–H groups in total. The third-order valence-corrected chi connectivity index (χ3v) is 1.63. The van der Waals surface area contributed by atoms with Gasteiger partial charge >= 0.3 is 0 Å². The predicted octanol–water partition coefficient (Wildman–Crippen LogP) is 2.30. The lowest BCUT2D eigenvalue weighted by Gasteiger charge is -1.97. The first-order valence-electron chi connectivity index (χ1n) is 3.01. The van der Waals surface area contributed by atoms with E-state index in [1.165, 1.54) is 0 Å². The molecule has 0 aromatic heterocycles. The molecule has 0 nitrogen and oxygen atoms in total. The largest absolute Gasteiger partial charge is 0.115 e. The van der Waals surface area contributed by atoms with Crippen molar-refractivity contribution in [3.05, 3.63) is 34.3 Å². The van der Waals surface area contributed by atoms with Gasteiger partial charge in [-0.1, -0.05) is 29.5 Å². The van der Waals surface area contributed by atoms with E-state index in [0.29, 0.717) is 16.1 Å². The van der Waals surface area contributed by atoms with Crippen molar-refractivity contribution in [3.8, 4) is 24.7 Å². The fraction of sp³-hybridized carbons (Fsp3) is 0. The molecule has 1 heteroatoms. The Labute approximate surface area is 71.2 Å². The first-order chi connectivity index (χ1) is 5.29. The molecule has 0 bridgehead atoms. The van der Waals surface area contributed by atoms with Gasteiger partial charge in [0.2, 0.25) is 0 Å². The Kier molecular flexibility index (Phi) is 2.21. The van der Waals surface area contributed by atoms with Gasteiger partial charge in [-0.05, 0) is 12.1 Å². The van der Waals surface area contributed by atoms with Gasteiger partial charge in [0.05, 0.1) is 10.6 Å². The maximum Gasteiger partial charge on any atom is 0.0585 e. The standard InChI is InChI=1S/C10H5Cl/c1-3-8-6-5-7-10(11)9(8)4-2/h1-2,5-7H. The van der Waals surface area contributed by atoms with E-state index in [4.69, 9.17) is 24.4 Å². The Hall–Kier alpha value is -1.37. The Balaban J connectivity index is 3.42. The Bertz CT molecular complexity index is 350. The minimum atomic E-state index is 0.531. The van der Waals surface area contributed by atoms with E-state index in [1.54, 1.807) is 18.2 Å². The Morgan fingerprint density at radius 2 is 1.91 bits per heavy atom. The molecule has 0 saturated carbocycles. The molecule has 11 heavy (non-hydrogen) atoms. The van der Waals surface area contributed by atoms with Gasteiger partial charge in [-0.25, -0.2) is 0 Å². The molecule has 0 unspecified atom stereocenters. The van der Waals surface area contributed by atoms with Crippen molar-refractivity contribution in [2.45, 2.75) is 0 Å². The molecule has 0 atom stereocenters. The normalized spacial score (nSPS) is 8.27. The van der Waals surface area contributed by atoms with Gasteiger partial charge in [0.15, 0.2) is 0 Å². The zero-order valence-electron chi connectivity index (χ0n) is 5.76. The van der Waals surface area contributed by atoms with E-state index < -0.39 is 0 Å². The third-order valence-electron chi connectivity index (χ3n) is 1.31. The second kappa shape index (κ2) is 3.15. The van der Waals surface area contributed by atoms with Crippen LogP contribution in [0, 0.1) is 24.7 Å². The van der Waals surface area contributed by atoms with Crippen molar-refractivity contribution < 1.29 is 0 Å². The zero-order chi connectivity index (χ0) is 8.27. The Morgan fingerprint density at radius 1 is 1.18 bits per heavy atom. The van der Waals surface area contributed by atoms with Gasteiger partial charge in [-0.3, -0.25) is 0 Å². The number of benzene rings is 1. The summed E-state index contributed by atoms with van der Waals surface area (Å²) in [6.07, 6.45) is 10.4. The molecule has 0 aliphatic heterocycles. The number of terminal acetylenes is 2. The minimum absolute atomic E-state index is 0.531. The average molecular weight is 161 g/mol. The van der Waals surface area contributed by atoms with Crippen LogP contribution in [0.5, 0.6) is 0 Å². The van der Waals surface area contributed by atoms with Crippen LogP contribution in [0.15, 0.2) is 18.2 Å². The second-order valence-corrected chi connectivity index (χ2v) is 2.36. The lowest BCUT2D eigenvalue weighted by atomic mass is 10.1. The molecule has 1 rings (SSSR count). The van der Waals surface area contributed by atoms with E-state index in [1.807, 2.05) is 0 Å². The van der Waals surface area contributed by atoms with Crippen molar-refractivity contribution >= 4 is 11.6 Å². The molecular formula is C10H5Cl. The summed E-state index contributed by atoms with van der Waals surface area (Å²) >= 11 is 5.77. The monoisotopic (exact) mass is 160 g/mol. The highest BCUT2D eigenvalue weighted by Crippen LogP contribution is 2.17. The smallest absolute Gasteiger partial charge is 0.0585 e. The SMILES string of the molecule is C#Cc1cccc(Cl)c1C#C. The van der Waals surface area contributed by atoms with E-state index >= 15 is 0 Å². The average Bonchev–Trinajstić information content (AvgIpc) is 2.04. The molecule has 52 valence electrons. The summed E-state index contributed by atoms with van der Waals surface area (Å²) in [5.74, 6) is 4.90. The molecule has 0 heterocycles. The Morgan fingerprint density at radius 3 is 2.36 bits per heavy atom. The minimum Gasteiger partial charge on any atom is -0.115 e. The van der Waals surface area contributed by atoms with Crippen LogP contribution in [0.3, 0.4) is 0 Å². The molecule has 0 fully saturated rings. The van der Waals surface area contributed by atoms with Crippen molar-refractivity contribution in [1.82, 2.24) is 0 Å². The molecule has 0 amide bonds. The van der Waals surface area contributed by atoms with Crippen LogP contribution in [0.1, 0.15) is 11.1 Å². The van der Waals surface area contributed by atoms with Gasteiger partial charge in [-0.15, -0.1) is 12.8 Å². The summed E-state index contributed by atoms with van der Waals surface area (Å²) in [7, 11) is 0. The van der Waals surface area contributed by atoms with Crippen LogP contribution in [0.4, 0.5) is 0 Å². The van der Waals surface area contributed by atoms with Crippen molar-refractivity contribution in [2.75, 3.05) is 0 Å². The molecule has 0 saturated heterocycles. The number of rotatable bonds is 0. The lowest BCUT2D eigenvalue weighted by Crippen LogP contribution is -1.82. The predicted molar refractivity (Wildman–Crippen MR) is 47.3 cm³/mol. The van der Waals surface area contributed by atoms with Gasteiger partial charge in [0, 0.05) is 5.56 Å². The fourth-order valence-corrected chi connectivity index (χ4v) is 1.02. The first-order valence-corrected chi connectivity index (χ1v) is 3.39. The lowest BCUT2D eigenvalue weighted by molar-refractivity contribution is 1.59. The summed E-state index contributed by atoms with van der Waals surface area (Å²) in [6.45, 7) is 0. The molecule has 0 spiro atoms. The molecule has 0 aliphatic carbocycles. The highest BCUT2D eigenvalue weighted by atomic mass is 35.5. The van der Waals surface area contributed by atoms with Crippen LogP contribution >= 0.6 is 11.6 Å². The summed E-state index contributed by atoms with van der Waals surface area (Å²) in [5, 5.41) is 0.531. The number of halogens is 1. The molecule has 1 aromatic rings. The molecule has 0 radical (unpaired) electrons. The molecule has 1 aromatic carbocycles. The number of hydrogen-bond donors (Lipinski definition) is 0. The molecular weight excluding hydrogens is 156 g/mol. The van der Waals surface area contributed by atoms with Crippen molar-refractivity contribution in [1.29, 1.82) is 0 Å². The summed E-state index contributed by atoms with van der Waals surface area (Å²) in [4.78, 5) is 0. The summed E-state index contributed by atoms with van der Waals surface area (Å²) in [5.41, 5.74) is 1.26. The van der Waals surface area contributed by atoms with E-state index in [0.717, 1.165) is 0 Å². The highest BCUT2D eigenvalue weighted by Gasteiger charge is 1.99. The first kappa shape index (κ1) is 7.73. The van der Waals surface area contributed by atoms with Gasteiger partial charge < -0.3 is 0 Å². The third kappa shape index (κ3) is 1.37. The van der Waals surface area contributed by atoms with Gasteiger partial charge in [0.25, 0.3) is 0 Å². The number of hydrogen-bond acceptors (Lipinski definition) is 0. The van der Waals surface area contributed by atoms with Crippen LogP contribution in [0.25, 0.3) is 0 Å². The quantitative estimate of drug-likeness (QED) is 0.511. The topological polar surface area (TPSA) is 0 Å². The van der Waals surface area contributed by atoms with E-state index in [9.17, 15) is 0 Å². The summed E-state index contributed by atoms with van der Waals surface area (Å²) in [6, 6.07) is 5.26. The van der Waals surface area contributed by atoms with Crippen LogP contribution in [0.2, 0.25) is 5.02 Å². The summed E-state index contributed by atoms with van der Waals surface area (Å²) < 4.78 is 0. The van der Waals surface area contributed by atoms with Crippen molar-refractivity contribution in [3.63, 3.8) is 0 Å². The van der Waals surface area contributed by atoms with Crippen LogP contribution in [-0.2, 0) is 0 Å². The van der Waals surface area contributed by atoms with E-state index in [2.05, 4.69) is 11.8 Å². The zero-order valence-corrected chi connectivity index (χ0v) is 6.52. The van der Waals surface area contributed by atoms with Crippen LogP contribution < -0.4 is 0 Å². The fourth-order valence-electron chi connectivity index (χ4n) is 0.791. The van der Waals surface area contributed by atoms with Crippen molar-refractivity contribution in [2.24, 2.45) is 0 Å². The van der Waals surface area contributed by atoms with Gasteiger partial charge in [0.1, 0.15) is 0 Å². The van der Waals surface area contributed by atoms with Gasteiger partial charge in [-0.2, -0.15) is 0 Å². The molecule has 0 aliphatic rings. The highest BCUT2D eigenvalue weighted by molar-refractivity contribution is 6.31. The second-order valence-electron chi connectivity index (χ2n) is 1.95. The van der Waals surface area contributed by atoms with Crippen LogP contribution in [-0.4, -0.2) is 0 Å². The maximum absolute atomic E-state index is 5.77.